The Labute approximate surface area is 161 Å². The first-order valence-electron chi connectivity index (χ1n) is 8.06. The fourth-order valence-corrected chi connectivity index (χ4v) is 2.92. The number of esters is 3. The molecule has 1 aliphatic rings. The van der Waals surface area contributed by atoms with Crippen LogP contribution in [0, 0.1) is 0 Å². The molecule has 1 fully saturated rings. The van der Waals surface area contributed by atoms with E-state index in [1.165, 1.54) is 6.92 Å². The molecule has 10 nitrogen and oxygen atoms in total. The summed E-state index contributed by atoms with van der Waals surface area (Å²) in [7, 11) is 0. The average molecular weight is 411 g/mol. The zero-order chi connectivity index (χ0) is 20.9. The second kappa shape index (κ2) is 9.45. The summed E-state index contributed by atoms with van der Waals surface area (Å²) in [5.74, 6) is -3.07. The minimum atomic E-state index is -2.26. The molecule has 27 heavy (non-hydrogen) atoms. The number of hydrogen-bond acceptors (Lipinski definition) is 10. The Balaban J connectivity index is 3.46. The quantitative estimate of drug-likeness (QED) is 0.348. The number of ether oxygens (including phenoxy) is 5. The highest BCUT2D eigenvalue weighted by Gasteiger charge is 2.64. The van der Waals surface area contributed by atoms with Crippen LogP contribution >= 0.6 is 11.6 Å². The summed E-state index contributed by atoms with van der Waals surface area (Å²) >= 11 is 5.85. The third-order valence-corrected chi connectivity index (χ3v) is 3.80. The van der Waals surface area contributed by atoms with Crippen LogP contribution in [-0.2, 0) is 42.9 Å². The molecule has 0 aromatic carbocycles. The van der Waals surface area contributed by atoms with Crippen molar-refractivity contribution in [3.8, 4) is 0 Å². The maximum Gasteiger partial charge on any atom is 0.303 e. The highest BCUT2D eigenvalue weighted by atomic mass is 35.5. The van der Waals surface area contributed by atoms with Gasteiger partial charge >= 0.3 is 17.9 Å². The molecule has 1 saturated heterocycles. The van der Waals surface area contributed by atoms with Gasteiger partial charge in [-0.15, -0.1) is 0 Å². The molecule has 0 saturated carbocycles. The van der Waals surface area contributed by atoms with Gasteiger partial charge < -0.3 is 28.8 Å². The normalized spacial score (nSPS) is 31.5. The molecule has 1 aliphatic heterocycles. The number of ketones is 1. The summed E-state index contributed by atoms with van der Waals surface area (Å²) in [6.45, 7) is 5.28. The molecule has 0 aromatic heterocycles. The smallest absolute Gasteiger partial charge is 0.303 e. The lowest BCUT2D eigenvalue weighted by Gasteiger charge is -2.49. The zero-order valence-corrected chi connectivity index (χ0v) is 16.3. The Bertz CT molecular complexity index is 592. The topological polar surface area (TPSA) is 135 Å². The third kappa shape index (κ3) is 5.61. The zero-order valence-electron chi connectivity index (χ0n) is 15.6. The van der Waals surface area contributed by atoms with Gasteiger partial charge in [0.05, 0.1) is 0 Å². The first kappa shape index (κ1) is 23.3. The van der Waals surface area contributed by atoms with Crippen molar-refractivity contribution in [2.45, 2.75) is 70.4 Å². The van der Waals surface area contributed by atoms with Crippen molar-refractivity contribution in [1.29, 1.82) is 0 Å². The highest BCUT2D eigenvalue weighted by molar-refractivity contribution is 6.19. The van der Waals surface area contributed by atoms with Gasteiger partial charge in [-0.25, -0.2) is 0 Å². The molecular weight excluding hydrogens is 388 g/mol. The van der Waals surface area contributed by atoms with Gasteiger partial charge in [0, 0.05) is 20.8 Å². The van der Waals surface area contributed by atoms with Gasteiger partial charge in [0.1, 0.15) is 18.3 Å². The van der Waals surface area contributed by atoms with Crippen LogP contribution < -0.4 is 0 Å². The van der Waals surface area contributed by atoms with Gasteiger partial charge in [0.15, 0.2) is 24.3 Å². The largest absolute Gasteiger partial charge is 0.463 e. The lowest BCUT2D eigenvalue weighted by Crippen LogP contribution is -2.72. The van der Waals surface area contributed by atoms with E-state index in [0.717, 1.165) is 27.7 Å². The van der Waals surface area contributed by atoms with Crippen LogP contribution in [0.2, 0.25) is 0 Å². The van der Waals surface area contributed by atoms with E-state index < -0.39 is 66.1 Å². The summed E-state index contributed by atoms with van der Waals surface area (Å²) in [5, 5.41) is 10.5. The van der Waals surface area contributed by atoms with Gasteiger partial charge in [-0.1, -0.05) is 11.6 Å². The van der Waals surface area contributed by atoms with E-state index in [4.69, 9.17) is 35.3 Å². The van der Waals surface area contributed by atoms with Crippen LogP contribution in [0.4, 0.5) is 0 Å². The Kier molecular flexibility index (Phi) is 8.15. The van der Waals surface area contributed by atoms with Gasteiger partial charge in [-0.05, 0) is 13.8 Å². The minimum absolute atomic E-state index is 0.438. The van der Waals surface area contributed by atoms with E-state index in [1.807, 2.05) is 0 Å². The van der Waals surface area contributed by atoms with Crippen molar-refractivity contribution in [2.75, 3.05) is 6.61 Å². The van der Waals surface area contributed by atoms with Crippen molar-refractivity contribution in [2.24, 2.45) is 0 Å². The van der Waals surface area contributed by atoms with Crippen molar-refractivity contribution in [3.05, 3.63) is 0 Å². The van der Waals surface area contributed by atoms with E-state index in [9.17, 15) is 24.3 Å². The maximum absolute atomic E-state index is 12.4. The molecule has 0 aliphatic carbocycles. The molecule has 0 radical (unpaired) electrons. The van der Waals surface area contributed by atoms with Crippen LogP contribution in [0.25, 0.3) is 0 Å². The van der Waals surface area contributed by atoms with E-state index in [-0.39, 0.29) is 0 Å². The molecule has 0 amide bonds. The Morgan fingerprint density at radius 1 is 1.07 bits per heavy atom. The number of carbonyl (C=O) groups is 4. The predicted octanol–water partition coefficient (Wildman–Crippen LogP) is 0.0593. The fourth-order valence-electron chi connectivity index (χ4n) is 2.77. The summed E-state index contributed by atoms with van der Waals surface area (Å²) in [6.07, 6.45) is -6.22. The Hall–Kier alpha value is -1.75. The number of Topliss-reactive ketones (excluding diaryl/α,β-unsaturated/α-hetero) is 1. The van der Waals surface area contributed by atoms with Crippen molar-refractivity contribution < 1.29 is 48.0 Å². The average Bonchev–Trinajstić information content (AvgIpc) is 2.50. The lowest BCUT2D eigenvalue weighted by atomic mass is 9.82. The number of hydrogen-bond donors (Lipinski definition) is 1. The number of carbonyl (C=O) groups excluding carboxylic acids is 4. The molecule has 1 rings (SSSR count). The molecule has 1 N–H and O–H groups in total. The molecular formula is C16H23ClO10. The Morgan fingerprint density at radius 2 is 1.63 bits per heavy atom. The van der Waals surface area contributed by atoms with Crippen LogP contribution in [0.1, 0.15) is 34.6 Å². The van der Waals surface area contributed by atoms with Gasteiger partial charge in [-0.2, -0.15) is 0 Å². The van der Waals surface area contributed by atoms with E-state index in [2.05, 4.69) is 0 Å². The number of halogens is 1. The van der Waals surface area contributed by atoms with Crippen molar-refractivity contribution in [3.63, 3.8) is 0 Å². The van der Waals surface area contributed by atoms with Crippen LogP contribution in [0.15, 0.2) is 0 Å². The molecule has 0 aromatic rings. The first-order chi connectivity index (χ1) is 12.4. The molecule has 154 valence electrons. The van der Waals surface area contributed by atoms with Crippen LogP contribution in [0.3, 0.4) is 0 Å². The molecule has 0 spiro atoms. The minimum Gasteiger partial charge on any atom is -0.463 e. The molecule has 6 atom stereocenters. The summed E-state index contributed by atoms with van der Waals surface area (Å²) in [4.78, 5) is 46.7. The predicted molar refractivity (Wildman–Crippen MR) is 88.4 cm³/mol. The molecule has 11 heteroatoms. The summed E-state index contributed by atoms with van der Waals surface area (Å²) in [5.41, 5.74) is -3.37. The monoisotopic (exact) mass is 410 g/mol. The number of aliphatic hydroxyl groups excluding tert-OH is 1. The van der Waals surface area contributed by atoms with Crippen LogP contribution in [-0.4, -0.2) is 71.2 Å². The molecule has 0 bridgehead atoms. The first-order valence-corrected chi connectivity index (χ1v) is 8.49. The number of alkyl halides is 1. The second-order valence-electron chi connectivity index (χ2n) is 5.94. The lowest BCUT2D eigenvalue weighted by molar-refractivity contribution is -0.332. The highest BCUT2D eigenvalue weighted by Crippen LogP contribution is 2.38. The summed E-state index contributed by atoms with van der Waals surface area (Å²) < 4.78 is 26.0. The Morgan fingerprint density at radius 3 is 2.04 bits per heavy atom. The fraction of sp³-hybridized carbons (Fsp3) is 0.750. The third-order valence-electron chi connectivity index (χ3n) is 3.71. The second-order valence-corrected chi connectivity index (χ2v) is 6.56. The molecule has 1 heterocycles. The van der Waals surface area contributed by atoms with E-state index in [1.54, 1.807) is 0 Å². The molecule has 2 unspecified atom stereocenters. The number of rotatable bonds is 7. The van der Waals surface area contributed by atoms with Crippen LogP contribution in [0.5, 0.6) is 0 Å². The maximum atomic E-state index is 12.4. The summed E-state index contributed by atoms with van der Waals surface area (Å²) in [6, 6.07) is 0. The van der Waals surface area contributed by atoms with E-state index in [0.29, 0.717) is 0 Å². The van der Waals surface area contributed by atoms with Gasteiger partial charge in [0.25, 0.3) is 0 Å². The standard InChI is InChI=1S/C16H23ClO10/c1-7(18)16(27-8(2)17)14(25-11(5)21)13(24-10(4)20)12(26-15(16)22)6-23-9(3)19/h8,12-15,22H,6H2,1-5H3/t8?,12-,13-,14+,15?,16-/m1/s1. The van der Waals surface area contributed by atoms with Gasteiger partial charge in [-0.3, -0.25) is 19.2 Å². The number of aliphatic hydroxyl groups is 1. The van der Waals surface area contributed by atoms with E-state index >= 15 is 0 Å². The van der Waals surface area contributed by atoms with Crippen molar-refractivity contribution in [1.82, 2.24) is 0 Å². The SMILES string of the molecule is CC(=O)OC[C@H]1OC(O)[C@@](OC(C)Cl)(C(C)=O)[C@@H](OC(C)=O)[C@@H]1OC(C)=O. The van der Waals surface area contributed by atoms with Crippen molar-refractivity contribution >= 4 is 35.3 Å². The van der Waals surface area contributed by atoms with Gasteiger partial charge in [0.2, 0.25) is 5.60 Å².